The molecule has 0 aliphatic rings. The Bertz CT molecular complexity index is 2960. The van der Waals surface area contributed by atoms with E-state index in [9.17, 15) is 0 Å². The quantitative estimate of drug-likeness (QED) is 0.149. The maximum Gasteiger partial charge on any atom is 2.00 e. The van der Waals surface area contributed by atoms with Crippen LogP contribution in [0.25, 0.3) is 101 Å². The Labute approximate surface area is 349 Å². The van der Waals surface area contributed by atoms with E-state index in [1.54, 1.807) is 0 Å². The fourth-order valence-corrected chi connectivity index (χ4v) is 7.28. The molecule has 0 unspecified atom stereocenters. The monoisotopic (exact) mass is 939 g/mol. The maximum absolute atomic E-state index is 6.46. The average Bonchev–Trinajstić information content (AvgIpc) is 3.66. The fraction of sp³-hybridized carbons (Fsp3) is 0. The van der Waals surface area contributed by atoms with Crippen molar-refractivity contribution in [2.75, 3.05) is 0 Å². The largest absolute Gasteiger partial charge is 2.00 e. The Morgan fingerprint density at radius 1 is 0.375 bits per heavy atom. The molecule has 2 aromatic heterocycles. The summed E-state index contributed by atoms with van der Waals surface area (Å²) in [6, 6.07) is 71.1. The molecule has 8 aromatic carbocycles. The molecule has 56 heavy (non-hydrogen) atoms. The third-order valence-electron chi connectivity index (χ3n) is 10.0. The molecule has 0 radical (unpaired) electrons. The van der Waals surface area contributed by atoms with Crippen LogP contribution in [0.4, 0.5) is 0 Å². The number of hydrogen-bond acceptors (Lipinski definition) is 4. The molecular weight excluding hydrogens is 909 g/mol. The van der Waals surface area contributed by atoms with Gasteiger partial charge < -0.3 is 4.42 Å². The molecule has 0 saturated carbocycles. The molecule has 0 aliphatic heterocycles. The van der Waals surface area contributed by atoms with Crippen LogP contribution in [0.15, 0.2) is 192 Å². The number of nitrogens with zero attached hydrogens (tertiary/aromatic N) is 3. The smallest absolute Gasteiger partial charge is 0.456 e. The van der Waals surface area contributed by atoms with Crippen LogP contribution in [0.5, 0.6) is 0 Å². The molecule has 0 atom stereocenters. The number of furan rings is 1. The molecule has 0 aliphatic carbocycles. The van der Waals surface area contributed by atoms with Crippen LogP contribution in [0.2, 0.25) is 0 Å². The first-order chi connectivity index (χ1) is 27.2. The molecule has 0 bridgehead atoms. The summed E-state index contributed by atoms with van der Waals surface area (Å²) in [5.41, 5.74) is 12.8. The van der Waals surface area contributed by atoms with Gasteiger partial charge in [0.15, 0.2) is 11.6 Å². The van der Waals surface area contributed by atoms with Crippen LogP contribution in [0.1, 0.15) is 0 Å². The van der Waals surface area contributed by atoms with Crippen LogP contribution in [-0.4, -0.2) is 15.0 Å². The van der Waals surface area contributed by atoms with E-state index in [0.29, 0.717) is 17.5 Å². The van der Waals surface area contributed by atoms with E-state index < -0.39 is 0 Å². The number of rotatable bonds is 7. The van der Waals surface area contributed by atoms with Crippen molar-refractivity contribution in [2.45, 2.75) is 0 Å². The Morgan fingerprint density at radius 3 is 1.64 bits per heavy atom. The minimum Gasteiger partial charge on any atom is -0.456 e. The second-order valence-electron chi connectivity index (χ2n) is 13.4. The van der Waals surface area contributed by atoms with Crippen LogP contribution in [0.3, 0.4) is 0 Å². The van der Waals surface area contributed by atoms with E-state index in [4.69, 9.17) is 19.4 Å². The number of aromatic nitrogens is 3. The summed E-state index contributed by atoms with van der Waals surface area (Å²) >= 11 is 0. The summed E-state index contributed by atoms with van der Waals surface area (Å²) in [6.45, 7) is 0. The average molecular weight is 940 g/mol. The zero-order valence-corrected chi connectivity index (χ0v) is 34.3. The van der Waals surface area contributed by atoms with Gasteiger partial charge in [-0.15, -0.1) is 29.3 Å². The van der Waals surface area contributed by atoms with Crippen LogP contribution in [0, 0.1) is 43.2 Å². The van der Waals surface area contributed by atoms with Gasteiger partial charge in [0.05, 0.1) is 0 Å². The number of hydrogen-bond donors (Lipinski definition) is 0. The Hall–Kier alpha value is -6.38. The van der Waals surface area contributed by atoms with Crippen molar-refractivity contribution in [3.05, 3.63) is 200 Å². The van der Waals surface area contributed by atoms with E-state index >= 15 is 0 Å². The summed E-state index contributed by atoms with van der Waals surface area (Å²) in [7, 11) is 0. The maximum atomic E-state index is 6.46. The second kappa shape index (κ2) is 15.4. The van der Waals surface area contributed by atoms with Crippen LogP contribution in [-0.2, 0) is 0 Å². The first-order valence-electron chi connectivity index (χ1n) is 18.3. The zero-order chi connectivity index (χ0) is 36.6. The van der Waals surface area contributed by atoms with Gasteiger partial charge in [-0.05, 0) is 46.0 Å². The molecule has 10 aromatic rings. The van der Waals surface area contributed by atoms with Crippen LogP contribution >= 0.6 is 0 Å². The molecule has 2 heterocycles. The second-order valence-corrected chi connectivity index (χ2v) is 13.4. The zero-order valence-electron chi connectivity index (χ0n) is 30.1. The van der Waals surface area contributed by atoms with Gasteiger partial charge in [0, 0.05) is 21.9 Å². The van der Waals surface area contributed by atoms with Gasteiger partial charge >= 0.3 is 31.1 Å². The molecular formula is C51H31N3OU. The van der Waals surface area contributed by atoms with E-state index in [2.05, 4.69) is 121 Å². The minimum atomic E-state index is 0. The van der Waals surface area contributed by atoms with Gasteiger partial charge in [-0.2, -0.15) is 30.3 Å². The normalized spacial score (nSPS) is 11.1. The van der Waals surface area contributed by atoms with Crippen molar-refractivity contribution in [2.24, 2.45) is 0 Å². The summed E-state index contributed by atoms with van der Waals surface area (Å²) in [5.74, 6) is 1.70. The molecule has 0 amide bonds. The molecule has 0 N–H and O–H groups in total. The van der Waals surface area contributed by atoms with Crippen molar-refractivity contribution in [1.82, 2.24) is 15.0 Å². The SMILES string of the molecule is [U+2].[c-]1ccc(-c2ccccc2)cc1-c1[c-]cccc1-c1nc(-c2ccccc2)nc(-c2cccc3oc4ccc(-c5ccc(-c6ccccc6)cc5)cc4c23)n1. The molecule has 0 saturated heterocycles. The van der Waals surface area contributed by atoms with Crippen molar-refractivity contribution in [1.29, 1.82) is 0 Å². The molecule has 4 nitrogen and oxygen atoms in total. The van der Waals surface area contributed by atoms with Gasteiger partial charge in [-0.25, -0.2) is 26.1 Å². The predicted molar refractivity (Wildman–Crippen MR) is 223 cm³/mol. The van der Waals surface area contributed by atoms with Crippen molar-refractivity contribution in [3.63, 3.8) is 0 Å². The standard InChI is InChI=1S/C51H31N3O.U/c1-4-14-34(15-5-1)36-26-28-37(29-27-36)40-30-31-46-45(33-40)48-44(24-13-25-47(48)55-46)51-53-49(38-18-8-3-9-19-38)52-50(54-51)43-23-11-10-22-42(43)41-21-12-20-39(32-41)35-16-6-2-7-17-35;/h1-20,23-33H;/q-2;+2. The molecule has 5 heteroatoms. The summed E-state index contributed by atoms with van der Waals surface area (Å²) in [4.78, 5) is 15.5. The Morgan fingerprint density at radius 2 is 0.929 bits per heavy atom. The third kappa shape index (κ3) is 6.77. The molecule has 0 spiro atoms. The van der Waals surface area contributed by atoms with Gasteiger partial charge in [0.1, 0.15) is 17.0 Å². The first kappa shape index (κ1) is 35.3. The third-order valence-corrected chi connectivity index (χ3v) is 10.0. The van der Waals surface area contributed by atoms with E-state index in [1.807, 2.05) is 78.9 Å². The number of benzene rings is 8. The molecule has 10 rings (SSSR count). The van der Waals surface area contributed by atoms with E-state index in [1.165, 1.54) is 11.1 Å². The Balaban J connectivity index is 0.00000410. The van der Waals surface area contributed by atoms with Gasteiger partial charge in [-0.3, -0.25) is 0 Å². The van der Waals surface area contributed by atoms with Gasteiger partial charge in [-0.1, -0.05) is 133 Å². The first-order valence-corrected chi connectivity index (χ1v) is 18.3. The van der Waals surface area contributed by atoms with Gasteiger partial charge in [0.25, 0.3) is 0 Å². The molecule has 0 fully saturated rings. The summed E-state index contributed by atoms with van der Waals surface area (Å²) in [6.07, 6.45) is 0. The van der Waals surface area contributed by atoms with E-state index in [0.717, 1.165) is 72.0 Å². The van der Waals surface area contributed by atoms with Crippen molar-refractivity contribution < 1.29 is 35.5 Å². The predicted octanol–water partition coefficient (Wildman–Crippen LogP) is 13.0. The topological polar surface area (TPSA) is 51.8 Å². The van der Waals surface area contributed by atoms with Crippen LogP contribution < -0.4 is 0 Å². The molecule has 260 valence electrons. The fourth-order valence-electron chi connectivity index (χ4n) is 7.28. The van der Waals surface area contributed by atoms with E-state index in [-0.39, 0.29) is 31.1 Å². The summed E-state index contributed by atoms with van der Waals surface area (Å²) in [5, 5.41) is 1.96. The minimum absolute atomic E-state index is 0. The number of fused-ring (bicyclic) bond motifs is 3. The van der Waals surface area contributed by atoms with Crippen molar-refractivity contribution >= 4 is 21.9 Å². The Kier molecular flexibility index (Phi) is 9.72. The van der Waals surface area contributed by atoms with Gasteiger partial charge in [0.2, 0.25) is 0 Å². The summed E-state index contributed by atoms with van der Waals surface area (Å²) < 4.78 is 6.46. The van der Waals surface area contributed by atoms with Crippen molar-refractivity contribution in [3.8, 4) is 78.7 Å².